The molecule has 0 aliphatic carbocycles. The monoisotopic (exact) mass is 934 g/mol. The third kappa shape index (κ3) is 14.0. The van der Waals surface area contributed by atoms with E-state index in [4.69, 9.17) is 26.8 Å². The Morgan fingerprint density at radius 2 is 1.12 bits per heavy atom. The predicted molar refractivity (Wildman–Crippen MR) is 236 cm³/mol. The fraction of sp³-hybridized carbons (Fsp3) is 0.455. The number of rotatable bonds is 12. The number of nitrogens with two attached hydrogens (primary N) is 1. The zero-order valence-electron chi connectivity index (χ0n) is 36.5. The zero-order chi connectivity index (χ0) is 46.7. The van der Waals surface area contributed by atoms with Gasteiger partial charge in [-0.3, -0.25) is 0 Å². The van der Waals surface area contributed by atoms with Gasteiger partial charge in [0, 0.05) is 17.7 Å². The molecule has 352 valence electrons. The van der Waals surface area contributed by atoms with Gasteiger partial charge in [0.05, 0.1) is 38.0 Å². The second-order valence-electron chi connectivity index (χ2n) is 15.8. The van der Waals surface area contributed by atoms with Crippen molar-refractivity contribution in [2.45, 2.75) is 51.2 Å². The Kier molecular flexibility index (Phi) is 16.6. The van der Waals surface area contributed by atoms with Gasteiger partial charge in [-0.15, -0.1) is 31.4 Å². The Morgan fingerprint density at radius 1 is 0.662 bits per heavy atom. The summed E-state index contributed by atoms with van der Waals surface area (Å²) < 4.78 is 96.8. The number of alkyl halides is 6. The van der Waals surface area contributed by atoms with Gasteiger partial charge in [0.2, 0.25) is 0 Å². The van der Waals surface area contributed by atoms with Crippen molar-refractivity contribution in [2.24, 2.45) is 17.6 Å². The molecule has 0 amide bonds. The average Bonchev–Trinajstić information content (AvgIpc) is 3.88. The van der Waals surface area contributed by atoms with Gasteiger partial charge in [0.25, 0.3) is 0 Å². The largest absolute Gasteiger partial charge is 0.573 e. The van der Waals surface area contributed by atoms with Crippen LogP contribution < -0.4 is 30.0 Å². The fourth-order valence-corrected chi connectivity index (χ4v) is 7.83. The second-order valence-corrected chi connectivity index (χ2v) is 16.2. The highest BCUT2D eigenvalue weighted by atomic mass is 35.5. The lowest BCUT2D eigenvalue weighted by Gasteiger charge is -2.28. The minimum atomic E-state index is -4.78. The molecule has 21 heteroatoms. The molecule has 2 fully saturated rings. The molecule has 0 atom stereocenters. The van der Waals surface area contributed by atoms with Gasteiger partial charge < -0.3 is 39.8 Å². The van der Waals surface area contributed by atoms with E-state index in [0.29, 0.717) is 57.0 Å². The summed E-state index contributed by atoms with van der Waals surface area (Å²) in [6.07, 6.45) is 0.859. The third-order valence-corrected chi connectivity index (χ3v) is 11.4. The molecule has 2 aromatic carbocycles. The maximum Gasteiger partial charge on any atom is 0.573 e. The predicted octanol–water partition coefficient (Wildman–Crippen LogP) is 9.08. The molecule has 4 aromatic heterocycles. The number of halogens is 7. The van der Waals surface area contributed by atoms with Crippen LogP contribution in [0.15, 0.2) is 73.1 Å². The van der Waals surface area contributed by atoms with Gasteiger partial charge in [-0.05, 0) is 158 Å². The number of imidazole rings is 2. The smallest absolute Gasteiger partial charge is 0.496 e. The maximum absolute atomic E-state index is 12.7. The molecule has 2 aliphatic rings. The van der Waals surface area contributed by atoms with E-state index in [1.807, 2.05) is 12.1 Å². The molecule has 6 aromatic rings. The number of hydrogen-bond acceptors (Lipinski definition) is 12. The highest BCUT2D eigenvalue weighted by Crippen LogP contribution is 2.37. The van der Waals surface area contributed by atoms with Crippen molar-refractivity contribution in [1.82, 2.24) is 39.0 Å². The number of nitrogens with zero attached hydrogens (tertiary/aromatic N) is 8. The molecule has 0 saturated carbocycles. The first-order valence-electron chi connectivity index (χ1n) is 21.1. The van der Waals surface area contributed by atoms with E-state index in [1.54, 1.807) is 22.8 Å². The number of fused-ring (bicyclic) bond motifs is 2. The summed E-state index contributed by atoms with van der Waals surface area (Å²) in [5.41, 5.74) is 8.22. The number of ether oxygens (including phenoxy) is 4. The minimum Gasteiger partial charge on any atom is -0.496 e. The standard InChI is InChI=1S/C22H26F3N5O2.C14H9ClF3N3O2.C8H18N2/c1-29-11-8-15(9-12-29)7-10-26-20-5-6-21-27-14-18(30(21)28-20)17-13-16(32-22(23,24)25)3-4-19(17)31-2;1-22-11-3-2-8(23-14(16,17)18)6-9(11)10-7-19-13-5-4-12(15)20-21(10)13;1-10-6-3-8(2-5-9)4-7-10/h3-6,13-15H,7-12H2,1-2H3,(H,26,28);2-7H,1H3;8H,2-7,9H2,1H3. The summed E-state index contributed by atoms with van der Waals surface area (Å²) in [6.45, 7) is 6.47. The summed E-state index contributed by atoms with van der Waals surface area (Å²) in [5, 5.41) is 12.3. The number of hydrogen-bond donors (Lipinski definition) is 2. The topological polar surface area (TPSA) is 142 Å². The van der Waals surface area contributed by atoms with E-state index < -0.39 is 12.7 Å². The van der Waals surface area contributed by atoms with Gasteiger partial charge in [0.15, 0.2) is 11.3 Å². The molecule has 0 radical (unpaired) electrons. The summed E-state index contributed by atoms with van der Waals surface area (Å²) in [5.74, 6) is 2.33. The zero-order valence-corrected chi connectivity index (χ0v) is 37.3. The number of methoxy groups -OCH3 is 2. The fourth-order valence-electron chi connectivity index (χ4n) is 7.70. The van der Waals surface area contributed by atoms with Crippen LogP contribution in [-0.4, -0.2) is 119 Å². The molecule has 0 spiro atoms. The number of benzene rings is 2. The lowest BCUT2D eigenvalue weighted by atomic mass is 9.94. The summed E-state index contributed by atoms with van der Waals surface area (Å²) >= 11 is 5.86. The molecule has 2 saturated heterocycles. The van der Waals surface area contributed by atoms with Crippen LogP contribution in [0.1, 0.15) is 38.5 Å². The molecule has 0 bridgehead atoms. The molecule has 0 unspecified atom stereocenters. The van der Waals surface area contributed by atoms with Crippen molar-refractivity contribution in [2.75, 3.05) is 72.9 Å². The summed E-state index contributed by atoms with van der Waals surface area (Å²) in [6, 6.07) is 14.5. The van der Waals surface area contributed by atoms with Crippen molar-refractivity contribution in [3.8, 4) is 45.5 Å². The van der Waals surface area contributed by atoms with E-state index in [9.17, 15) is 26.3 Å². The number of nitrogens with one attached hydrogen (secondary N) is 1. The van der Waals surface area contributed by atoms with E-state index in [-0.39, 0.29) is 16.7 Å². The van der Waals surface area contributed by atoms with Crippen LogP contribution in [0.3, 0.4) is 0 Å². The van der Waals surface area contributed by atoms with Crippen molar-refractivity contribution < 1.29 is 45.3 Å². The van der Waals surface area contributed by atoms with Crippen LogP contribution in [0.25, 0.3) is 33.8 Å². The quantitative estimate of drug-likeness (QED) is 0.113. The lowest BCUT2D eigenvalue weighted by Crippen LogP contribution is -2.30. The van der Waals surface area contributed by atoms with Crippen molar-refractivity contribution in [3.63, 3.8) is 0 Å². The molecular formula is C44H53ClF6N10O4. The molecule has 3 N–H and O–H groups in total. The van der Waals surface area contributed by atoms with E-state index >= 15 is 0 Å². The van der Waals surface area contributed by atoms with Crippen LogP contribution in [0.2, 0.25) is 5.15 Å². The number of aromatic nitrogens is 6. The van der Waals surface area contributed by atoms with Crippen molar-refractivity contribution in [1.29, 1.82) is 0 Å². The SMILES string of the molecule is CN1CCC(CCN)CC1.COc1ccc(OC(F)(F)F)cc1-c1cnc2ccc(Cl)nn12.COc1ccc(OC(F)(F)F)cc1-c1cnc2ccc(NCCC3CCN(C)CC3)nn12. The summed E-state index contributed by atoms with van der Waals surface area (Å²) in [4.78, 5) is 13.2. The second kappa shape index (κ2) is 22.1. The Hall–Kier alpha value is -5.57. The van der Waals surface area contributed by atoms with Crippen LogP contribution in [-0.2, 0) is 0 Å². The van der Waals surface area contributed by atoms with Crippen molar-refractivity contribution >= 4 is 28.7 Å². The van der Waals surface area contributed by atoms with Crippen molar-refractivity contribution in [3.05, 3.63) is 78.2 Å². The summed E-state index contributed by atoms with van der Waals surface area (Å²) in [7, 11) is 7.21. The Labute approximate surface area is 377 Å². The van der Waals surface area contributed by atoms with Crippen LogP contribution in [0.5, 0.6) is 23.0 Å². The van der Waals surface area contributed by atoms with Crippen LogP contribution in [0, 0.1) is 11.8 Å². The molecule has 8 rings (SSSR count). The molecule has 2 aliphatic heterocycles. The van der Waals surface area contributed by atoms with E-state index in [0.717, 1.165) is 38.5 Å². The van der Waals surface area contributed by atoms with Gasteiger partial charge >= 0.3 is 12.7 Å². The van der Waals surface area contributed by atoms with Crippen LogP contribution in [0.4, 0.5) is 32.2 Å². The van der Waals surface area contributed by atoms with Gasteiger partial charge in [-0.1, -0.05) is 11.6 Å². The first-order chi connectivity index (χ1) is 31.0. The number of anilines is 1. The normalized spacial score (nSPS) is 15.5. The number of likely N-dealkylation sites (tertiary alicyclic amines) is 2. The molecule has 6 heterocycles. The Morgan fingerprint density at radius 3 is 1.58 bits per heavy atom. The molecule has 14 nitrogen and oxygen atoms in total. The number of piperidine rings is 2. The highest BCUT2D eigenvalue weighted by molar-refractivity contribution is 6.29. The highest BCUT2D eigenvalue weighted by Gasteiger charge is 2.32. The van der Waals surface area contributed by atoms with E-state index in [2.05, 4.69) is 58.9 Å². The van der Waals surface area contributed by atoms with Gasteiger partial charge in [-0.2, -0.15) is 5.10 Å². The Balaban J connectivity index is 0.000000184. The van der Waals surface area contributed by atoms with Gasteiger partial charge in [0.1, 0.15) is 34.0 Å². The van der Waals surface area contributed by atoms with E-state index in [1.165, 1.54) is 107 Å². The third-order valence-electron chi connectivity index (χ3n) is 11.2. The molecular weight excluding hydrogens is 882 g/mol. The first kappa shape index (κ1) is 48.9. The Bertz CT molecular complexity index is 2450. The van der Waals surface area contributed by atoms with Crippen LogP contribution >= 0.6 is 11.6 Å². The lowest BCUT2D eigenvalue weighted by molar-refractivity contribution is -0.275. The molecule has 65 heavy (non-hydrogen) atoms. The minimum absolute atomic E-state index is 0.221. The average molecular weight is 935 g/mol. The van der Waals surface area contributed by atoms with Gasteiger partial charge in [-0.25, -0.2) is 19.0 Å². The maximum atomic E-state index is 12.7. The first-order valence-corrected chi connectivity index (χ1v) is 21.4.